The molecule has 1 atom stereocenters. The number of hydrogen-bond donors (Lipinski definition) is 1. The Labute approximate surface area is 205 Å². The summed E-state index contributed by atoms with van der Waals surface area (Å²) in [5, 5.41) is 5.35. The van der Waals surface area contributed by atoms with E-state index in [9.17, 15) is 9.59 Å². The standard InChI is InChI=1S/C27H31ClN2O4/c1-18(16-25(31)33-5)30(17-19-10-12-20(28)13-11-19)24-15-14-23(21-8-6-7-9-22(21)24)29-26(32)34-27(2,3)4/h6-15,18H,16-17H2,1-5H3,(H,29,32)/t18-/m0/s1. The summed E-state index contributed by atoms with van der Waals surface area (Å²) in [4.78, 5) is 26.7. The Morgan fingerprint density at radius 3 is 2.26 bits per heavy atom. The summed E-state index contributed by atoms with van der Waals surface area (Å²) in [7, 11) is 1.39. The van der Waals surface area contributed by atoms with Crippen LogP contribution < -0.4 is 10.2 Å². The number of benzene rings is 3. The molecule has 0 saturated heterocycles. The quantitative estimate of drug-likeness (QED) is 0.375. The van der Waals surface area contributed by atoms with Crippen LogP contribution in [0.15, 0.2) is 60.7 Å². The van der Waals surface area contributed by atoms with Gasteiger partial charge in [-0.15, -0.1) is 0 Å². The van der Waals surface area contributed by atoms with Gasteiger partial charge in [-0.05, 0) is 57.5 Å². The molecule has 7 heteroatoms. The Morgan fingerprint density at radius 2 is 1.65 bits per heavy atom. The van der Waals surface area contributed by atoms with Gasteiger partial charge in [0, 0.05) is 34.1 Å². The molecule has 0 spiro atoms. The van der Waals surface area contributed by atoms with E-state index in [2.05, 4.69) is 10.2 Å². The molecular weight excluding hydrogens is 452 g/mol. The van der Waals surface area contributed by atoms with Gasteiger partial charge in [-0.25, -0.2) is 4.79 Å². The van der Waals surface area contributed by atoms with E-state index in [-0.39, 0.29) is 18.4 Å². The molecule has 0 aliphatic rings. The van der Waals surface area contributed by atoms with E-state index >= 15 is 0 Å². The Balaban J connectivity index is 2.02. The molecule has 0 bridgehead atoms. The van der Waals surface area contributed by atoms with Crippen LogP contribution in [0, 0.1) is 0 Å². The molecular formula is C27H31ClN2O4. The molecule has 0 aromatic heterocycles. The lowest BCUT2D eigenvalue weighted by atomic mass is 10.0. The molecule has 3 aromatic rings. The monoisotopic (exact) mass is 482 g/mol. The van der Waals surface area contributed by atoms with Crippen LogP contribution in [0.3, 0.4) is 0 Å². The van der Waals surface area contributed by atoms with Crippen LogP contribution in [-0.4, -0.2) is 30.8 Å². The molecule has 0 radical (unpaired) electrons. The summed E-state index contributed by atoms with van der Waals surface area (Å²) in [5.41, 5.74) is 2.05. The Bertz CT molecular complexity index is 1160. The molecule has 180 valence electrons. The fourth-order valence-electron chi connectivity index (χ4n) is 3.76. The van der Waals surface area contributed by atoms with Gasteiger partial charge in [0.15, 0.2) is 0 Å². The van der Waals surface area contributed by atoms with Crippen LogP contribution in [0.1, 0.15) is 39.7 Å². The average molecular weight is 483 g/mol. The number of rotatable bonds is 7. The van der Waals surface area contributed by atoms with E-state index < -0.39 is 11.7 Å². The van der Waals surface area contributed by atoms with Crippen molar-refractivity contribution < 1.29 is 19.1 Å². The largest absolute Gasteiger partial charge is 0.469 e. The number of fused-ring (bicyclic) bond motifs is 1. The number of hydrogen-bond acceptors (Lipinski definition) is 5. The second kappa shape index (κ2) is 10.8. The number of carbonyl (C=O) groups is 2. The van der Waals surface area contributed by atoms with Gasteiger partial charge in [0.2, 0.25) is 0 Å². The number of nitrogens with zero attached hydrogens (tertiary/aromatic N) is 1. The molecule has 0 fully saturated rings. The summed E-state index contributed by atoms with van der Waals surface area (Å²) < 4.78 is 10.3. The Kier molecular flexibility index (Phi) is 8.05. The number of carbonyl (C=O) groups excluding carboxylic acids is 2. The van der Waals surface area contributed by atoms with Gasteiger partial charge in [0.25, 0.3) is 0 Å². The highest BCUT2D eigenvalue weighted by Gasteiger charge is 2.22. The summed E-state index contributed by atoms with van der Waals surface area (Å²) in [6.07, 6.45) is -0.279. The highest BCUT2D eigenvalue weighted by atomic mass is 35.5. The van der Waals surface area contributed by atoms with Crippen LogP contribution in [0.2, 0.25) is 5.02 Å². The lowest BCUT2D eigenvalue weighted by Crippen LogP contribution is -2.35. The highest BCUT2D eigenvalue weighted by Crippen LogP contribution is 2.35. The first-order valence-electron chi connectivity index (χ1n) is 11.2. The predicted molar refractivity (Wildman–Crippen MR) is 138 cm³/mol. The van der Waals surface area contributed by atoms with Crippen molar-refractivity contribution in [3.8, 4) is 0 Å². The normalized spacial score (nSPS) is 12.2. The molecule has 1 N–H and O–H groups in total. The van der Waals surface area contributed by atoms with E-state index in [0.29, 0.717) is 17.3 Å². The van der Waals surface area contributed by atoms with Crippen LogP contribution in [0.5, 0.6) is 0 Å². The van der Waals surface area contributed by atoms with Crippen molar-refractivity contribution in [3.05, 3.63) is 71.2 Å². The number of methoxy groups -OCH3 is 1. The van der Waals surface area contributed by atoms with Crippen molar-refractivity contribution in [2.24, 2.45) is 0 Å². The van der Waals surface area contributed by atoms with Gasteiger partial charge in [-0.1, -0.05) is 48.0 Å². The third-order valence-electron chi connectivity index (χ3n) is 5.33. The van der Waals surface area contributed by atoms with Crippen LogP contribution in [-0.2, 0) is 20.8 Å². The molecule has 0 aliphatic heterocycles. The minimum atomic E-state index is -0.599. The number of amides is 1. The van der Waals surface area contributed by atoms with Gasteiger partial charge >= 0.3 is 12.1 Å². The van der Waals surface area contributed by atoms with E-state index in [4.69, 9.17) is 21.1 Å². The predicted octanol–water partition coefficient (Wildman–Crippen LogP) is 6.80. The van der Waals surface area contributed by atoms with Gasteiger partial charge in [-0.2, -0.15) is 0 Å². The Hall–Kier alpha value is -3.25. The summed E-state index contributed by atoms with van der Waals surface area (Å²) in [6, 6.07) is 19.2. The molecule has 0 aliphatic carbocycles. The van der Waals surface area contributed by atoms with Gasteiger partial charge in [-0.3, -0.25) is 10.1 Å². The molecule has 0 unspecified atom stereocenters. The zero-order valence-corrected chi connectivity index (χ0v) is 21.0. The summed E-state index contributed by atoms with van der Waals surface area (Å²) in [5.74, 6) is -0.277. The molecule has 6 nitrogen and oxygen atoms in total. The van der Waals surface area contributed by atoms with Crippen molar-refractivity contribution in [3.63, 3.8) is 0 Å². The maximum absolute atomic E-state index is 12.4. The van der Waals surface area contributed by atoms with E-state index in [0.717, 1.165) is 22.0 Å². The maximum Gasteiger partial charge on any atom is 0.412 e. The van der Waals surface area contributed by atoms with E-state index in [1.165, 1.54) is 7.11 Å². The van der Waals surface area contributed by atoms with E-state index in [1.807, 2.05) is 88.4 Å². The minimum Gasteiger partial charge on any atom is -0.469 e. The first-order chi connectivity index (χ1) is 16.1. The molecule has 1 amide bonds. The second-order valence-corrected chi connectivity index (χ2v) is 9.62. The fourth-order valence-corrected chi connectivity index (χ4v) is 3.88. The lowest BCUT2D eigenvalue weighted by molar-refractivity contribution is -0.140. The van der Waals surface area contributed by atoms with Crippen LogP contribution in [0.4, 0.5) is 16.2 Å². The first kappa shape index (κ1) is 25.4. The number of anilines is 2. The molecule has 3 aromatic carbocycles. The van der Waals surface area contributed by atoms with Gasteiger partial charge in [0.05, 0.1) is 19.2 Å². The summed E-state index contributed by atoms with van der Waals surface area (Å²) in [6.45, 7) is 8.04. The molecule has 0 saturated carbocycles. The number of ether oxygens (including phenoxy) is 2. The number of nitrogens with one attached hydrogen (secondary N) is 1. The van der Waals surface area contributed by atoms with Gasteiger partial charge < -0.3 is 14.4 Å². The van der Waals surface area contributed by atoms with Crippen molar-refractivity contribution in [2.45, 2.75) is 52.3 Å². The second-order valence-electron chi connectivity index (χ2n) is 9.19. The van der Waals surface area contributed by atoms with Gasteiger partial charge in [0.1, 0.15) is 5.60 Å². The van der Waals surface area contributed by atoms with Crippen molar-refractivity contribution >= 4 is 45.8 Å². The minimum absolute atomic E-state index is 0.142. The van der Waals surface area contributed by atoms with Crippen molar-refractivity contribution in [1.82, 2.24) is 0 Å². The van der Waals surface area contributed by atoms with Crippen molar-refractivity contribution in [1.29, 1.82) is 0 Å². The van der Waals surface area contributed by atoms with Crippen molar-refractivity contribution in [2.75, 3.05) is 17.3 Å². The van der Waals surface area contributed by atoms with Crippen LogP contribution >= 0.6 is 11.6 Å². The highest BCUT2D eigenvalue weighted by molar-refractivity contribution is 6.30. The molecule has 3 rings (SSSR count). The molecule has 0 heterocycles. The zero-order chi connectivity index (χ0) is 24.9. The fraction of sp³-hybridized carbons (Fsp3) is 0.333. The third-order valence-corrected chi connectivity index (χ3v) is 5.59. The third kappa shape index (κ3) is 6.64. The zero-order valence-electron chi connectivity index (χ0n) is 20.2. The first-order valence-corrected chi connectivity index (χ1v) is 11.5. The lowest BCUT2D eigenvalue weighted by Gasteiger charge is -2.32. The smallest absolute Gasteiger partial charge is 0.412 e. The number of halogens is 1. The molecule has 34 heavy (non-hydrogen) atoms. The number of esters is 1. The Morgan fingerprint density at radius 1 is 1.00 bits per heavy atom. The SMILES string of the molecule is COC(=O)C[C@H](C)N(Cc1ccc(Cl)cc1)c1ccc(NC(=O)OC(C)(C)C)c2ccccc12. The average Bonchev–Trinajstić information content (AvgIpc) is 2.78. The maximum atomic E-state index is 12.4. The van der Waals surface area contributed by atoms with E-state index in [1.54, 1.807) is 0 Å². The summed E-state index contributed by atoms with van der Waals surface area (Å²) >= 11 is 6.07. The topological polar surface area (TPSA) is 67.9 Å². The van der Waals surface area contributed by atoms with Crippen LogP contribution in [0.25, 0.3) is 10.8 Å².